The molecule has 0 unspecified atom stereocenters. The summed E-state index contributed by atoms with van der Waals surface area (Å²) in [7, 11) is 0. The molecule has 0 aliphatic carbocycles. The average molecular weight is 369 g/mol. The van der Waals surface area contributed by atoms with Gasteiger partial charge >= 0.3 is 0 Å². The van der Waals surface area contributed by atoms with Crippen LogP contribution in [0.1, 0.15) is 50.7 Å². The van der Waals surface area contributed by atoms with E-state index >= 15 is 0 Å². The second-order valence-electron chi connectivity index (χ2n) is 6.91. The van der Waals surface area contributed by atoms with Crippen molar-refractivity contribution in [1.82, 2.24) is 4.98 Å². The number of rotatable bonds is 6. The summed E-state index contributed by atoms with van der Waals surface area (Å²) in [6, 6.07) is 13.8. The van der Waals surface area contributed by atoms with Crippen LogP contribution in [0, 0.1) is 0 Å². The highest BCUT2D eigenvalue weighted by Gasteiger charge is 2.16. The number of oxazole rings is 1. The number of thioether (sulfide) groups is 1. The quantitative estimate of drug-likeness (QED) is 0.558. The molecular weight excluding hydrogens is 344 g/mol. The van der Waals surface area contributed by atoms with Crippen molar-refractivity contribution in [2.24, 2.45) is 0 Å². The molecule has 0 saturated heterocycles. The first-order valence-electron chi connectivity index (χ1n) is 8.86. The van der Waals surface area contributed by atoms with E-state index in [1.807, 2.05) is 24.3 Å². The maximum atomic E-state index is 12.5. The number of benzene rings is 2. The number of hydrogen-bond acceptors (Lipinski definition) is 4. The van der Waals surface area contributed by atoms with Gasteiger partial charge in [0.15, 0.2) is 5.58 Å². The summed E-state index contributed by atoms with van der Waals surface area (Å²) in [5.41, 5.74) is 4.82. The van der Waals surface area contributed by atoms with Crippen LogP contribution >= 0.6 is 11.8 Å². The van der Waals surface area contributed by atoms with Crippen LogP contribution in [0.2, 0.25) is 0 Å². The number of nitrogens with one attached hydrogen (secondary N) is 1. The number of para-hydroxylation sites is 3. The van der Waals surface area contributed by atoms with Gasteiger partial charge in [-0.3, -0.25) is 4.79 Å². The van der Waals surface area contributed by atoms with Crippen molar-refractivity contribution in [3.8, 4) is 0 Å². The van der Waals surface area contributed by atoms with Crippen LogP contribution in [0.3, 0.4) is 0 Å². The van der Waals surface area contributed by atoms with E-state index in [1.54, 1.807) is 0 Å². The van der Waals surface area contributed by atoms with Crippen molar-refractivity contribution in [3.05, 3.63) is 53.6 Å². The monoisotopic (exact) mass is 368 g/mol. The molecule has 0 aliphatic rings. The number of fused-ring (bicyclic) bond motifs is 1. The fraction of sp³-hybridized carbons (Fsp3) is 0.333. The number of carbonyl (C=O) groups is 1. The van der Waals surface area contributed by atoms with Gasteiger partial charge in [-0.2, -0.15) is 0 Å². The largest absolute Gasteiger partial charge is 0.431 e. The Bertz CT molecular complexity index is 856. The van der Waals surface area contributed by atoms with Gasteiger partial charge in [0.2, 0.25) is 5.91 Å². The van der Waals surface area contributed by atoms with Crippen LogP contribution in [-0.2, 0) is 4.79 Å². The zero-order chi connectivity index (χ0) is 18.7. The molecule has 0 radical (unpaired) electrons. The van der Waals surface area contributed by atoms with Gasteiger partial charge in [-0.25, -0.2) is 4.98 Å². The van der Waals surface area contributed by atoms with Crippen molar-refractivity contribution < 1.29 is 9.21 Å². The molecule has 1 amide bonds. The third kappa shape index (κ3) is 4.10. The van der Waals surface area contributed by atoms with Crippen LogP contribution in [0.25, 0.3) is 11.1 Å². The number of nitrogens with zero attached hydrogens (tertiary/aromatic N) is 1. The number of carbonyl (C=O) groups excluding carboxylic acids is 1. The van der Waals surface area contributed by atoms with Crippen molar-refractivity contribution in [2.75, 3.05) is 11.1 Å². The molecule has 0 fully saturated rings. The molecule has 136 valence electrons. The summed E-state index contributed by atoms with van der Waals surface area (Å²) >= 11 is 1.31. The van der Waals surface area contributed by atoms with Gasteiger partial charge in [0.25, 0.3) is 5.22 Å². The van der Waals surface area contributed by atoms with E-state index in [0.29, 0.717) is 17.1 Å². The lowest BCUT2D eigenvalue weighted by molar-refractivity contribution is -0.113. The smallest absolute Gasteiger partial charge is 0.257 e. The lowest BCUT2D eigenvalue weighted by atomic mass is 9.92. The van der Waals surface area contributed by atoms with Crippen molar-refractivity contribution in [2.45, 2.75) is 44.8 Å². The van der Waals surface area contributed by atoms with E-state index in [9.17, 15) is 4.79 Å². The third-order valence-corrected chi connectivity index (χ3v) is 5.07. The molecule has 0 saturated carbocycles. The van der Waals surface area contributed by atoms with Gasteiger partial charge in [0, 0.05) is 5.69 Å². The maximum Gasteiger partial charge on any atom is 0.257 e. The van der Waals surface area contributed by atoms with Gasteiger partial charge in [-0.05, 0) is 35.1 Å². The summed E-state index contributed by atoms with van der Waals surface area (Å²) in [6.45, 7) is 8.56. The van der Waals surface area contributed by atoms with Gasteiger partial charge in [-0.1, -0.05) is 69.8 Å². The Labute approximate surface area is 158 Å². The highest BCUT2D eigenvalue weighted by molar-refractivity contribution is 7.99. The molecule has 2 aromatic carbocycles. The third-order valence-electron chi connectivity index (χ3n) is 4.24. The minimum atomic E-state index is -0.0488. The summed E-state index contributed by atoms with van der Waals surface area (Å²) in [6.07, 6.45) is 0. The summed E-state index contributed by atoms with van der Waals surface area (Å²) in [5, 5.41) is 3.63. The van der Waals surface area contributed by atoms with Crippen LogP contribution in [-0.4, -0.2) is 16.6 Å². The van der Waals surface area contributed by atoms with Crippen LogP contribution in [0.5, 0.6) is 0 Å². The Morgan fingerprint density at radius 2 is 1.69 bits per heavy atom. The number of hydrogen-bond donors (Lipinski definition) is 1. The van der Waals surface area contributed by atoms with E-state index in [2.05, 4.69) is 56.2 Å². The van der Waals surface area contributed by atoms with E-state index in [-0.39, 0.29) is 11.7 Å². The summed E-state index contributed by atoms with van der Waals surface area (Å²) in [5.74, 6) is 0.895. The first-order chi connectivity index (χ1) is 12.5. The Morgan fingerprint density at radius 1 is 1.04 bits per heavy atom. The van der Waals surface area contributed by atoms with Crippen LogP contribution < -0.4 is 5.32 Å². The molecule has 5 heteroatoms. The van der Waals surface area contributed by atoms with E-state index < -0.39 is 0 Å². The van der Waals surface area contributed by atoms with Gasteiger partial charge in [0.1, 0.15) is 5.52 Å². The normalized spacial score (nSPS) is 11.5. The molecule has 1 heterocycles. The molecular formula is C21H24N2O2S. The van der Waals surface area contributed by atoms with Crippen molar-refractivity contribution in [3.63, 3.8) is 0 Å². The molecule has 3 rings (SSSR count). The fourth-order valence-electron chi connectivity index (χ4n) is 2.91. The Kier molecular flexibility index (Phi) is 5.67. The molecule has 1 N–H and O–H groups in total. The molecule has 4 nitrogen and oxygen atoms in total. The lowest BCUT2D eigenvalue weighted by Crippen LogP contribution is -2.17. The minimum Gasteiger partial charge on any atom is -0.431 e. The average Bonchev–Trinajstić information content (AvgIpc) is 3.02. The zero-order valence-electron chi connectivity index (χ0n) is 15.6. The SMILES string of the molecule is CC(C)c1cccc(C(C)C)c1NC(=O)CSc1nc2ccccc2o1. The first-order valence-corrected chi connectivity index (χ1v) is 9.85. The molecule has 0 atom stereocenters. The molecule has 3 aromatic rings. The molecule has 1 aromatic heterocycles. The number of anilines is 1. The molecule has 0 aliphatic heterocycles. The maximum absolute atomic E-state index is 12.5. The second kappa shape index (κ2) is 7.96. The summed E-state index contributed by atoms with van der Waals surface area (Å²) in [4.78, 5) is 16.9. The van der Waals surface area contributed by atoms with E-state index in [1.165, 1.54) is 11.8 Å². The van der Waals surface area contributed by atoms with Crippen molar-refractivity contribution in [1.29, 1.82) is 0 Å². The predicted octanol–water partition coefficient (Wildman–Crippen LogP) is 5.81. The van der Waals surface area contributed by atoms with Crippen molar-refractivity contribution >= 4 is 34.5 Å². The zero-order valence-corrected chi connectivity index (χ0v) is 16.4. The standard InChI is InChI=1S/C21H24N2O2S/c1-13(2)15-8-7-9-16(14(3)4)20(15)23-19(24)12-26-21-22-17-10-5-6-11-18(17)25-21/h5-11,13-14H,12H2,1-4H3,(H,23,24). The van der Waals surface area contributed by atoms with E-state index in [4.69, 9.17) is 4.42 Å². The summed E-state index contributed by atoms with van der Waals surface area (Å²) < 4.78 is 5.66. The number of aromatic nitrogens is 1. The highest BCUT2D eigenvalue weighted by atomic mass is 32.2. The van der Waals surface area contributed by atoms with E-state index in [0.717, 1.165) is 27.9 Å². The molecule has 0 bridgehead atoms. The van der Waals surface area contributed by atoms with Gasteiger partial charge in [-0.15, -0.1) is 0 Å². The predicted molar refractivity (Wildman–Crippen MR) is 108 cm³/mol. The topological polar surface area (TPSA) is 55.1 Å². The van der Waals surface area contributed by atoms with Gasteiger partial charge in [0.05, 0.1) is 5.75 Å². The fourth-order valence-corrected chi connectivity index (χ4v) is 3.55. The second-order valence-corrected chi connectivity index (χ2v) is 7.83. The first kappa shape index (κ1) is 18.5. The highest BCUT2D eigenvalue weighted by Crippen LogP contribution is 2.32. The lowest BCUT2D eigenvalue weighted by Gasteiger charge is -2.20. The van der Waals surface area contributed by atoms with Crippen LogP contribution in [0.4, 0.5) is 5.69 Å². The van der Waals surface area contributed by atoms with Crippen LogP contribution in [0.15, 0.2) is 52.1 Å². The minimum absolute atomic E-state index is 0.0488. The Balaban J connectivity index is 1.73. The molecule has 0 spiro atoms. The Morgan fingerprint density at radius 3 is 2.31 bits per heavy atom. The number of amides is 1. The molecule has 26 heavy (non-hydrogen) atoms. The Hall–Kier alpha value is -2.27. The van der Waals surface area contributed by atoms with Gasteiger partial charge < -0.3 is 9.73 Å².